The largest absolute Gasteiger partial charge is 0.487 e. The Labute approximate surface area is 178 Å². The lowest BCUT2D eigenvalue weighted by atomic mass is 10.2. The molecule has 0 heterocycles. The highest BCUT2D eigenvalue weighted by Crippen LogP contribution is 2.35. The fourth-order valence-electron chi connectivity index (χ4n) is 2.31. The van der Waals surface area contributed by atoms with Gasteiger partial charge >= 0.3 is 0 Å². The predicted molar refractivity (Wildman–Crippen MR) is 119 cm³/mol. The van der Waals surface area contributed by atoms with Gasteiger partial charge in [0.15, 0.2) is 0 Å². The van der Waals surface area contributed by atoms with Crippen molar-refractivity contribution in [2.75, 3.05) is 0 Å². The molecule has 0 aliphatic heterocycles. The van der Waals surface area contributed by atoms with Gasteiger partial charge in [0.1, 0.15) is 12.4 Å². The molecule has 0 saturated heterocycles. The normalized spacial score (nSPS) is 11.1. The summed E-state index contributed by atoms with van der Waals surface area (Å²) in [5.74, 6) is 0.778. The van der Waals surface area contributed by atoms with E-state index in [1.54, 1.807) is 0 Å². The van der Waals surface area contributed by atoms with Crippen LogP contribution in [0.3, 0.4) is 0 Å². The third-order valence-electron chi connectivity index (χ3n) is 3.71. The highest BCUT2D eigenvalue weighted by molar-refractivity contribution is 9.11. The van der Waals surface area contributed by atoms with Crippen molar-refractivity contribution >= 4 is 59.7 Å². The Morgan fingerprint density at radius 3 is 2.12 bits per heavy atom. The predicted octanol–water partition coefficient (Wildman–Crippen LogP) is 7.61. The number of ether oxygens (including phenoxy) is 1. The Bertz CT molecular complexity index is 896. The number of benzene rings is 3. The molecule has 5 heteroatoms. The van der Waals surface area contributed by atoms with E-state index in [2.05, 4.69) is 71.8 Å². The van der Waals surface area contributed by atoms with E-state index in [4.69, 9.17) is 4.74 Å². The zero-order valence-corrected chi connectivity index (χ0v) is 18.8. The number of rotatable bonds is 5. The number of hydrogen-bond donors (Lipinski definition) is 0. The maximum atomic E-state index is 5.97. The van der Waals surface area contributed by atoms with E-state index >= 15 is 0 Å². The number of halogens is 3. The fourth-order valence-corrected chi connectivity index (χ4v) is 4.02. The van der Waals surface area contributed by atoms with E-state index in [1.807, 2.05) is 54.7 Å². The molecule has 0 bridgehead atoms. The first-order valence-electron chi connectivity index (χ1n) is 7.98. The molecule has 0 N–H and O–H groups in total. The third-order valence-corrected chi connectivity index (χ3v) is 5.42. The molecule has 132 valence electrons. The van der Waals surface area contributed by atoms with Crippen molar-refractivity contribution in [1.29, 1.82) is 0 Å². The lowest BCUT2D eigenvalue weighted by Crippen LogP contribution is -1.97. The SMILES string of the molecule is Cc1ccc(N=Cc2cc(Br)c(OCc3ccc(Br)cc3)c(Br)c2)cc1. The molecule has 3 aromatic rings. The van der Waals surface area contributed by atoms with E-state index in [-0.39, 0.29) is 0 Å². The second-order valence-corrected chi connectivity index (χ2v) is 8.45. The molecule has 2 nitrogen and oxygen atoms in total. The van der Waals surface area contributed by atoms with E-state index in [1.165, 1.54) is 5.56 Å². The summed E-state index contributed by atoms with van der Waals surface area (Å²) in [4.78, 5) is 4.52. The van der Waals surface area contributed by atoms with Gasteiger partial charge < -0.3 is 4.74 Å². The summed E-state index contributed by atoms with van der Waals surface area (Å²) in [5.41, 5.74) is 4.25. The molecule has 0 unspecified atom stereocenters. The van der Waals surface area contributed by atoms with Crippen molar-refractivity contribution in [2.45, 2.75) is 13.5 Å². The first kappa shape index (κ1) is 19.3. The Balaban J connectivity index is 1.73. The highest BCUT2D eigenvalue weighted by atomic mass is 79.9. The van der Waals surface area contributed by atoms with Crippen LogP contribution in [0.2, 0.25) is 0 Å². The third kappa shape index (κ3) is 5.29. The monoisotopic (exact) mass is 535 g/mol. The van der Waals surface area contributed by atoms with Crippen LogP contribution in [0.5, 0.6) is 5.75 Å². The van der Waals surface area contributed by atoms with Crippen LogP contribution in [0.4, 0.5) is 5.69 Å². The average molecular weight is 538 g/mol. The van der Waals surface area contributed by atoms with Gasteiger partial charge in [0.2, 0.25) is 0 Å². The van der Waals surface area contributed by atoms with Gasteiger partial charge in [-0.1, -0.05) is 45.8 Å². The van der Waals surface area contributed by atoms with Crippen LogP contribution < -0.4 is 4.74 Å². The number of nitrogens with zero attached hydrogens (tertiary/aromatic N) is 1. The molecule has 0 atom stereocenters. The van der Waals surface area contributed by atoms with Gasteiger partial charge in [-0.05, 0) is 86.3 Å². The summed E-state index contributed by atoms with van der Waals surface area (Å²) in [5, 5.41) is 0. The lowest BCUT2D eigenvalue weighted by molar-refractivity contribution is 0.302. The summed E-state index contributed by atoms with van der Waals surface area (Å²) < 4.78 is 8.79. The molecule has 26 heavy (non-hydrogen) atoms. The van der Waals surface area contributed by atoms with Crippen molar-refractivity contribution in [3.8, 4) is 5.75 Å². The quantitative estimate of drug-likeness (QED) is 0.307. The van der Waals surface area contributed by atoms with Gasteiger partial charge in [-0.25, -0.2) is 0 Å². The molecule has 0 spiro atoms. The highest BCUT2D eigenvalue weighted by Gasteiger charge is 2.09. The molecule has 0 aliphatic carbocycles. The average Bonchev–Trinajstić information content (AvgIpc) is 2.62. The van der Waals surface area contributed by atoms with Gasteiger partial charge in [-0.3, -0.25) is 4.99 Å². The minimum Gasteiger partial charge on any atom is -0.487 e. The molecule has 0 saturated carbocycles. The number of aryl methyl sites for hydroxylation is 1. The van der Waals surface area contributed by atoms with Gasteiger partial charge in [-0.2, -0.15) is 0 Å². The zero-order chi connectivity index (χ0) is 18.5. The summed E-state index contributed by atoms with van der Waals surface area (Å²) in [6.45, 7) is 2.57. The molecule has 0 amide bonds. The van der Waals surface area contributed by atoms with Gasteiger partial charge in [0, 0.05) is 10.7 Å². The van der Waals surface area contributed by atoms with Crippen LogP contribution in [0.25, 0.3) is 0 Å². The number of aliphatic imine (C=N–C) groups is 1. The van der Waals surface area contributed by atoms with Crippen molar-refractivity contribution in [2.24, 2.45) is 4.99 Å². The molecule has 0 fully saturated rings. The summed E-state index contributed by atoms with van der Waals surface area (Å²) in [6, 6.07) is 20.2. The van der Waals surface area contributed by atoms with Crippen LogP contribution in [0.15, 0.2) is 79.1 Å². The Hall–Kier alpha value is -1.43. The topological polar surface area (TPSA) is 21.6 Å². The summed E-state index contributed by atoms with van der Waals surface area (Å²) in [7, 11) is 0. The summed E-state index contributed by atoms with van der Waals surface area (Å²) >= 11 is 10.6. The van der Waals surface area contributed by atoms with Crippen molar-refractivity contribution in [1.82, 2.24) is 0 Å². The lowest BCUT2D eigenvalue weighted by Gasteiger charge is -2.11. The van der Waals surface area contributed by atoms with Crippen molar-refractivity contribution in [3.63, 3.8) is 0 Å². The molecule has 0 aliphatic rings. The smallest absolute Gasteiger partial charge is 0.148 e. The summed E-state index contributed by atoms with van der Waals surface area (Å²) in [6.07, 6.45) is 1.85. The van der Waals surface area contributed by atoms with E-state index < -0.39 is 0 Å². The molecule has 3 rings (SSSR count). The Kier molecular flexibility index (Phi) is 6.68. The molecular formula is C21H16Br3NO. The van der Waals surface area contributed by atoms with Gasteiger partial charge in [0.05, 0.1) is 14.6 Å². The van der Waals surface area contributed by atoms with Crippen LogP contribution in [0, 0.1) is 6.92 Å². The van der Waals surface area contributed by atoms with E-state index in [0.29, 0.717) is 6.61 Å². The maximum absolute atomic E-state index is 5.97. The van der Waals surface area contributed by atoms with Crippen molar-refractivity contribution in [3.05, 3.63) is 90.8 Å². The first-order chi connectivity index (χ1) is 12.5. The van der Waals surface area contributed by atoms with Crippen LogP contribution in [0.1, 0.15) is 16.7 Å². The second kappa shape index (κ2) is 8.98. The Morgan fingerprint density at radius 2 is 1.50 bits per heavy atom. The van der Waals surface area contributed by atoms with Gasteiger partial charge in [0.25, 0.3) is 0 Å². The first-order valence-corrected chi connectivity index (χ1v) is 10.4. The fraction of sp³-hybridized carbons (Fsp3) is 0.0952. The minimum absolute atomic E-state index is 0.501. The molecule has 0 radical (unpaired) electrons. The van der Waals surface area contributed by atoms with Crippen LogP contribution in [-0.2, 0) is 6.61 Å². The van der Waals surface area contributed by atoms with E-state index in [0.717, 1.165) is 36.0 Å². The zero-order valence-electron chi connectivity index (χ0n) is 14.0. The number of hydrogen-bond acceptors (Lipinski definition) is 2. The minimum atomic E-state index is 0.501. The van der Waals surface area contributed by atoms with Crippen molar-refractivity contribution < 1.29 is 4.74 Å². The Morgan fingerprint density at radius 1 is 0.885 bits per heavy atom. The second-order valence-electron chi connectivity index (χ2n) is 5.82. The maximum Gasteiger partial charge on any atom is 0.148 e. The molecule has 3 aromatic carbocycles. The van der Waals surface area contributed by atoms with Crippen LogP contribution in [-0.4, -0.2) is 6.21 Å². The van der Waals surface area contributed by atoms with E-state index in [9.17, 15) is 0 Å². The van der Waals surface area contributed by atoms with Gasteiger partial charge in [-0.15, -0.1) is 0 Å². The molecule has 0 aromatic heterocycles. The van der Waals surface area contributed by atoms with Crippen LogP contribution >= 0.6 is 47.8 Å². The molecular weight excluding hydrogens is 522 g/mol. The standard InChI is InChI=1S/C21H16Br3NO/c1-14-2-8-18(9-3-14)25-12-16-10-19(23)21(20(24)11-16)26-13-15-4-6-17(22)7-5-15/h2-12H,13H2,1H3.